The van der Waals surface area contributed by atoms with E-state index in [9.17, 15) is 0 Å². The Balaban J connectivity index is -0.0000000286. The second-order valence-electron chi connectivity index (χ2n) is 0.448. The largest absolute Gasteiger partial charge is 1.00 e. The van der Waals surface area contributed by atoms with Crippen LogP contribution in [0.1, 0.15) is 0 Å². The Morgan fingerprint density at radius 1 is 1.11 bits per heavy atom. The van der Waals surface area contributed by atoms with Crippen molar-refractivity contribution in [1.82, 2.24) is 0 Å². The molecule has 0 aliphatic heterocycles. The standard InChI is InChI=1S/CH4O.K.H2O4S.H2O/c1-2;;1-5(2,3)4;/h2H,1H3;;(H2,1,2,3,4);1H2/q;+1;;/p-1. The topological polar surface area (TPSA) is 125 Å². The van der Waals surface area contributed by atoms with E-state index in [1.807, 2.05) is 0 Å². The average molecular weight is 186 g/mol. The predicted octanol–water partition coefficient (Wildman–Crippen LogP) is -4.22. The summed E-state index contributed by atoms with van der Waals surface area (Å²) in [6.07, 6.45) is 0. The van der Waals surface area contributed by atoms with E-state index in [0.717, 1.165) is 7.11 Å². The Kier molecular flexibility index (Phi) is 30.2. The maximum absolute atomic E-state index is 8.74. The van der Waals surface area contributed by atoms with Crippen LogP contribution in [-0.2, 0) is 10.4 Å². The zero-order chi connectivity index (χ0) is 6.50. The Labute approximate surface area is 95.6 Å². The average Bonchev–Trinajstić information content (AvgIpc) is 1.36. The molecule has 0 fully saturated rings. The fourth-order valence-corrected chi connectivity index (χ4v) is 0. The van der Waals surface area contributed by atoms with Gasteiger partial charge in [-0.25, -0.2) is 0 Å². The minimum absolute atomic E-state index is 0. The van der Waals surface area contributed by atoms with Gasteiger partial charge in [0.2, 0.25) is 0 Å². The normalized spacial score (nSPS) is 7.11. The molecule has 0 amide bonds. The van der Waals surface area contributed by atoms with Crippen LogP contribution in [0.5, 0.6) is 0 Å². The molecule has 8 heteroatoms. The molecule has 0 aliphatic carbocycles. The van der Waals surface area contributed by atoms with E-state index in [2.05, 4.69) is 0 Å². The molecule has 0 bridgehead atoms. The number of aliphatic hydroxyl groups excluding tert-OH is 1. The van der Waals surface area contributed by atoms with E-state index < -0.39 is 10.4 Å². The van der Waals surface area contributed by atoms with Crippen LogP contribution < -0.4 is 51.4 Å². The van der Waals surface area contributed by atoms with Gasteiger partial charge in [-0.3, -0.25) is 9.11 Å². The first kappa shape index (κ1) is 22.4. The number of rotatable bonds is 0. The van der Waals surface area contributed by atoms with Crippen molar-refractivity contribution in [2.45, 2.75) is 0 Å². The summed E-state index contributed by atoms with van der Waals surface area (Å²) in [5, 5.41) is 7.00. The molecule has 0 saturated heterocycles. The molecule has 4 N–H and O–H groups in total. The summed E-state index contributed by atoms with van der Waals surface area (Å²) in [6.45, 7) is 0. The van der Waals surface area contributed by atoms with Gasteiger partial charge in [0.05, 0.1) is 0 Å². The predicted molar refractivity (Wildman–Crippen MR) is 24.3 cm³/mol. The summed E-state index contributed by atoms with van der Waals surface area (Å²) >= 11 is 0. The van der Waals surface area contributed by atoms with Gasteiger partial charge >= 0.3 is 61.8 Å². The van der Waals surface area contributed by atoms with Crippen LogP contribution in [0.3, 0.4) is 0 Å². The summed E-state index contributed by atoms with van der Waals surface area (Å²) in [5.41, 5.74) is 0. The smallest absolute Gasteiger partial charge is 0.870 e. The molecule has 9 heavy (non-hydrogen) atoms. The minimum Gasteiger partial charge on any atom is -0.870 e. The van der Waals surface area contributed by atoms with Gasteiger partial charge in [0.25, 0.3) is 0 Å². The summed E-state index contributed by atoms with van der Waals surface area (Å²) in [4.78, 5) is 0. The second kappa shape index (κ2) is 12.1. The first-order chi connectivity index (χ1) is 3.00. The van der Waals surface area contributed by atoms with Gasteiger partial charge in [-0.2, -0.15) is 8.42 Å². The molecule has 0 heterocycles. The molecular weight excluding hydrogens is 179 g/mol. The van der Waals surface area contributed by atoms with E-state index >= 15 is 0 Å². The molecule has 0 aromatic carbocycles. The molecule has 0 aliphatic rings. The van der Waals surface area contributed by atoms with Gasteiger partial charge in [0, 0.05) is 7.11 Å². The Morgan fingerprint density at radius 2 is 1.11 bits per heavy atom. The fraction of sp³-hybridized carbons (Fsp3) is 1.00. The third-order valence-electron chi connectivity index (χ3n) is 0. The quantitative estimate of drug-likeness (QED) is 0.260. The number of hydrogen-bond acceptors (Lipinski definition) is 4. The van der Waals surface area contributed by atoms with Gasteiger partial charge in [-0.15, -0.1) is 0 Å². The maximum Gasteiger partial charge on any atom is 1.00 e. The van der Waals surface area contributed by atoms with E-state index in [0.29, 0.717) is 0 Å². The summed E-state index contributed by atoms with van der Waals surface area (Å²) in [6, 6.07) is 0. The Bertz CT molecular complexity index is 96.2. The SMILES string of the molecule is CO.O=S(=O)(O)O.[K+].[OH-]. The fourth-order valence-electron chi connectivity index (χ4n) is 0. The maximum atomic E-state index is 8.74. The van der Waals surface area contributed by atoms with Crippen LogP contribution in [0.2, 0.25) is 0 Å². The van der Waals surface area contributed by atoms with Gasteiger partial charge < -0.3 is 10.6 Å². The number of hydrogen-bond donors (Lipinski definition) is 3. The summed E-state index contributed by atoms with van der Waals surface area (Å²) in [7, 11) is -3.67. The number of aliphatic hydroxyl groups is 1. The molecule has 0 aromatic heterocycles. The molecule has 54 valence electrons. The Morgan fingerprint density at radius 3 is 1.11 bits per heavy atom. The van der Waals surface area contributed by atoms with E-state index in [1.165, 1.54) is 0 Å². The van der Waals surface area contributed by atoms with Crippen molar-refractivity contribution >= 4 is 10.4 Å². The van der Waals surface area contributed by atoms with Gasteiger partial charge in [0.15, 0.2) is 0 Å². The third kappa shape index (κ3) is 256. The van der Waals surface area contributed by atoms with Crippen molar-refractivity contribution < 1.29 is 79.5 Å². The molecule has 6 nitrogen and oxygen atoms in total. The van der Waals surface area contributed by atoms with Crippen molar-refractivity contribution in [2.24, 2.45) is 0 Å². The molecule has 0 saturated carbocycles. The van der Waals surface area contributed by atoms with Gasteiger partial charge in [0.1, 0.15) is 0 Å². The first-order valence-electron chi connectivity index (χ1n) is 1.15. The van der Waals surface area contributed by atoms with Gasteiger partial charge in [-0.1, -0.05) is 0 Å². The van der Waals surface area contributed by atoms with E-state index in [4.69, 9.17) is 22.6 Å². The summed E-state index contributed by atoms with van der Waals surface area (Å²) < 4.78 is 31.6. The zero-order valence-electron chi connectivity index (χ0n) is 5.01. The molecule has 0 rings (SSSR count). The Hall–Kier alpha value is 1.43. The third-order valence-corrected chi connectivity index (χ3v) is 0. The van der Waals surface area contributed by atoms with Crippen LogP contribution in [0.25, 0.3) is 0 Å². The molecule has 0 spiro atoms. The minimum atomic E-state index is -4.67. The monoisotopic (exact) mass is 186 g/mol. The van der Waals surface area contributed by atoms with Crippen molar-refractivity contribution in [3.05, 3.63) is 0 Å². The second-order valence-corrected chi connectivity index (χ2v) is 1.34. The van der Waals surface area contributed by atoms with Crippen LogP contribution in [0.15, 0.2) is 0 Å². The molecule has 0 atom stereocenters. The molecule has 0 radical (unpaired) electrons. The van der Waals surface area contributed by atoms with Gasteiger partial charge in [-0.05, 0) is 0 Å². The van der Waals surface area contributed by atoms with E-state index in [1.54, 1.807) is 0 Å². The molecule has 0 aromatic rings. The van der Waals surface area contributed by atoms with Crippen LogP contribution in [0, 0.1) is 0 Å². The van der Waals surface area contributed by atoms with Crippen molar-refractivity contribution in [1.29, 1.82) is 0 Å². The zero-order valence-corrected chi connectivity index (χ0v) is 8.95. The van der Waals surface area contributed by atoms with E-state index in [-0.39, 0.29) is 56.9 Å². The van der Waals surface area contributed by atoms with Crippen molar-refractivity contribution in [3.8, 4) is 0 Å². The van der Waals surface area contributed by atoms with Crippen LogP contribution >= 0.6 is 0 Å². The summed E-state index contributed by atoms with van der Waals surface area (Å²) in [5.74, 6) is 0. The van der Waals surface area contributed by atoms with Crippen LogP contribution in [-0.4, -0.2) is 35.2 Å². The molecular formula is CH7KO6S. The van der Waals surface area contributed by atoms with Crippen molar-refractivity contribution in [3.63, 3.8) is 0 Å². The molecule has 0 unspecified atom stereocenters. The van der Waals surface area contributed by atoms with Crippen molar-refractivity contribution in [2.75, 3.05) is 7.11 Å². The first-order valence-corrected chi connectivity index (χ1v) is 2.54. The van der Waals surface area contributed by atoms with Crippen LogP contribution in [0.4, 0.5) is 0 Å².